The van der Waals surface area contributed by atoms with E-state index in [1.807, 2.05) is 11.6 Å². The number of rotatable bonds is 4. The molecule has 2 aromatic rings. The lowest BCUT2D eigenvalue weighted by Crippen LogP contribution is -2.36. The molecule has 3 heterocycles. The molecule has 0 bridgehead atoms. The van der Waals surface area contributed by atoms with Crippen LogP contribution in [0.4, 0.5) is 0 Å². The Morgan fingerprint density at radius 1 is 1.35 bits per heavy atom. The number of hydrogen-bond donors (Lipinski definition) is 0. The third-order valence-electron chi connectivity index (χ3n) is 3.63. The Morgan fingerprint density at radius 2 is 2.25 bits per heavy atom. The summed E-state index contributed by atoms with van der Waals surface area (Å²) in [7, 11) is 0. The summed E-state index contributed by atoms with van der Waals surface area (Å²) >= 11 is 0. The predicted octanol–water partition coefficient (Wildman–Crippen LogP) is -0.0870. The molecule has 2 aromatic heterocycles. The van der Waals surface area contributed by atoms with Crippen molar-refractivity contribution in [3.05, 3.63) is 40.3 Å². The zero-order valence-corrected chi connectivity index (χ0v) is 11.6. The largest absolute Gasteiger partial charge is 0.297 e. The molecule has 0 aromatic carbocycles. The van der Waals surface area contributed by atoms with Crippen molar-refractivity contribution < 1.29 is 0 Å². The molecule has 0 radical (unpaired) electrons. The molecule has 0 fully saturated rings. The average Bonchev–Trinajstić information content (AvgIpc) is 2.97. The molecule has 0 amide bonds. The Hall–Kier alpha value is -2.02. The molecule has 20 heavy (non-hydrogen) atoms. The third-order valence-corrected chi connectivity index (χ3v) is 3.63. The fourth-order valence-electron chi connectivity index (χ4n) is 2.51. The van der Waals surface area contributed by atoms with Gasteiger partial charge in [-0.3, -0.25) is 14.4 Å². The van der Waals surface area contributed by atoms with E-state index >= 15 is 0 Å². The Bertz CT molecular complexity index is 633. The van der Waals surface area contributed by atoms with Crippen LogP contribution in [0, 0.1) is 0 Å². The molecule has 7 nitrogen and oxygen atoms in total. The zero-order valence-electron chi connectivity index (χ0n) is 11.6. The van der Waals surface area contributed by atoms with Crippen LogP contribution in [0.1, 0.15) is 18.2 Å². The van der Waals surface area contributed by atoms with Gasteiger partial charge in [-0.25, -0.2) is 9.67 Å². The van der Waals surface area contributed by atoms with Crippen LogP contribution in [-0.4, -0.2) is 42.5 Å². The van der Waals surface area contributed by atoms with Gasteiger partial charge in [-0.05, 0) is 12.5 Å². The van der Waals surface area contributed by atoms with E-state index in [9.17, 15) is 4.79 Å². The first kappa shape index (κ1) is 13.0. The molecule has 1 aliphatic rings. The number of hydrogen-bond acceptors (Lipinski definition) is 5. The van der Waals surface area contributed by atoms with Gasteiger partial charge in [-0.1, -0.05) is 0 Å². The van der Waals surface area contributed by atoms with E-state index in [0.29, 0.717) is 6.54 Å². The van der Waals surface area contributed by atoms with Crippen molar-refractivity contribution in [1.29, 1.82) is 0 Å². The molecule has 7 heteroatoms. The number of fused-ring (bicyclic) bond motifs is 1. The minimum atomic E-state index is -0.00984. The second-order valence-corrected chi connectivity index (χ2v) is 4.95. The van der Waals surface area contributed by atoms with Crippen LogP contribution in [0.25, 0.3) is 0 Å². The molecule has 106 valence electrons. The Labute approximate surface area is 116 Å². The molecule has 0 atom stereocenters. The van der Waals surface area contributed by atoms with Gasteiger partial charge in [0.1, 0.15) is 12.7 Å². The van der Waals surface area contributed by atoms with Gasteiger partial charge in [-0.15, -0.1) is 0 Å². The highest BCUT2D eigenvalue weighted by molar-refractivity contribution is 5.20. The summed E-state index contributed by atoms with van der Waals surface area (Å²) in [5.74, 6) is 0. The Kier molecular flexibility index (Phi) is 3.60. The molecule has 3 rings (SSSR count). The second-order valence-electron chi connectivity index (χ2n) is 4.95. The van der Waals surface area contributed by atoms with Gasteiger partial charge in [0, 0.05) is 38.7 Å². The van der Waals surface area contributed by atoms with Gasteiger partial charge in [0.15, 0.2) is 0 Å². The van der Waals surface area contributed by atoms with Gasteiger partial charge in [0.2, 0.25) is 0 Å². The normalized spacial score (nSPS) is 15.2. The molecule has 0 saturated carbocycles. The zero-order chi connectivity index (χ0) is 13.9. The van der Waals surface area contributed by atoms with E-state index in [1.165, 1.54) is 4.68 Å². The van der Waals surface area contributed by atoms with Crippen LogP contribution < -0.4 is 5.56 Å². The second kappa shape index (κ2) is 5.54. The van der Waals surface area contributed by atoms with Crippen LogP contribution >= 0.6 is 0 Å². The fourth-order valence-corrected chi connectivity index (χ4v) is 2.51. The molecule has 0 aliphatic carbocycles. The van der Waals surface area contributed by atoms with E-state index < -0.39 is 0 Å². The SMILES string of the molecule is CCn1nc2c(cc1=O)CN(CCn1cncn1)CC2. The smallest absolute Gasteiger partial charge is 0.267 e. The Morgan fingerprint density at radius 3 is 3.00 bits per heavy atom. The topological polar surface area (TPSA) is 68.8 Å². The maximum absolute atomic E-state index is 11.8. The molecule has 0 unspecified atom stereocenters. The highest BCUT2D eigenvalue weighted by Crippen LogP contribution is 2.14. The molecule has 0 N–H and O–H groups in total. The van der Waals surface area contributed by atoms with Crippen LogP contribution in [0.3, 0.4) is 0 Å². The first-order chi connectivity index (χ1) is 9.76. The van der Waals surface area contributed by atoms with Crippen molar-refractivity contribution in [2.24, 2.45) is 0 Å². The summed E-state index contributed by atoms with van der Waals surface area (Å²) in [6.45, 7) is 6.04. The summed E-state index contributed by atoms with van der Waals surface area (Å²) in [5, 5.41) is 8.52. The number of nitrogens with zero attached hydrogens (tertiary/aromatic N) is 6. The van der Waals surface area contributed by atoms with Gasteiger partial charge >= 0.3 is 0 Å². The minimum Gasteiger partial charge on any atom is -0.297 e. The van der Waals surface area contributed by atoms with Crippen molar-refractivity contribution >= 4 is 0 Å². The lowest BCUT2D eigenvalue weighted by atomic mass is 10.1. The summed E-state index contributed by atoms with van der Waals surface area (Å²) in [6.07, 6.45) is 4.16. The van der Waals surface area contributed by atoms with Gasteiger partial charge in [0.25, 0.3) is 5.56 Å². The number of aromatic nitrogens is 5. The van der Waals surface area contributed by atoms with Gasteiger partial charge in [0.05, 0.1) is 12.2 Å². The van der Waals surface area contributed by atoms with Crippen molar-refractivity contribution in [1.82, 2.24) is 29.4 Å². The van der Waals surface area contributed by atoms with E-state index in [4.69, 9.17) is 0 Å². The van der Waals surface area contributed by atoms with Crippen molar-refractivity contribution in [3.63, 3.8) is 0 Å². The molecular formula is C13H18N6O. The van der Waals surface area contributed by atoms with Crippen molar-refractivity contribution in [3.8, 4) is 0 Å². The first-order valence-electron chi connectivity index (χ1n) is 6.91. The predicted molar refractivity (Wildman–Crippen MR) is 73.2 cm³/mol. The summed E-state index contributed by atoms with van der Waals surface area (Å²) in [6, 6.07) is 1.73. The van der Waals surface area contributed by atoms with Gasteiger partial charge in [-0.2, -0.15) is 10.2 Å². The lowest BCUT2D eigenvalue weighted by Gasteiger charge is -2.27. The van der Waals surface area contributed by atoms with Crippen LogP contribution in [-0.2, 0) is 26.1 Å². The molecular weight excluding hydrogens is 256 g/mol. The van der Waals surface area contributed by atoms with Crippen molar-refractivity contribution in [2.45, 2.75) is 33.0 Å². The highest BCUT2D eigenvalue weighted by atomic mass is 16.1. The third kappa shape index (κ3) is 2.62. The summed E-state index contributed by atoms with van der Waals surface area (Å²) in [4.78, 5) is 18.1. The maximum atomic E-state index is 11.8. The van der Waals surface area contributed by atoms with E-state index in [-0.39, 0.29) is 5.56 Å². The number of aryl methyl sites for hydroxylation is 1. The average molecular weight is 274 g/mol. The highest BCUT2D eigenvalue weighted by Gasteiger charge is 2.18. The minimum absolute atomic E-state index is 0.00984. The first-order valence-corrected chi connectivity index (χ1v) is 6.91. The maximum Gasteiger partial charge on any atom is 0.267 e. The van der Waals surface area contributed by atoms with Crippen molar-refractivity contribution in [2.75, 3.05) is 13.1 Å². The molecule has 0 saturated heterocycles. The molecule has 1 aliphatic heterocycles. The molecule has 0 spiro atoms. The monoisotopic (exact) mass is 274 g/mol. The van der Waals surface area contributed by atoms with E-state index in [0.717, 1.165) is 43.9 Å². The summed E-state index contributed by atoms with van der Waals surface area (Å²) < 4.78 is 3.35. The standard InChI is InChI=1S/C13H18N6O/c1-2-19-13(20)7-11-8-17(4-3-12(11)16-19)5-6-18-10-14-9-15-18/h7,9-10H,2-6,8H2,1H3. The van der Waals surface area contributed by atoms with Crippen LogP contribution in [0.5, 0.6) is 0 Å². The van der Waals surface area contributed by atoms with Gasteiger partial charge < -0.3 is 0 Å². The lowest BCUT2D eigenvalue weighted by molar-refractivity contribution is 0.236. The van der Waals surface area contributed by atoms with E-state index in [1.54, 1.807) is 18.7 Å². The van der Waals surface area contributed by atoms with Crippen LogP contribution in [0.15, 0.2) is 23.5 Å². The summed E-state index contributed by atoms with van der Waals surface area (Å²) in [5.41, 5.74) is 2.11. The fraction of sp³-hybridized carbons (Fsp3) is 0.538. The quantitative estimate of drug-likeness (QED) is 0.779. The van der Waals surface area contributed by atoms with E-state index in [2.05, 4.69) is 20.1 Å². The van der Waals surface area contributed by atoms with Crippen LogP contribution in [0.2, 0.25) is 0 Å². The Balaban J connectivity index is 1.69.